The van der Waals surface area contributed by atoms with Gasteiger partial charge in [-0.05, 0) is 58.2 Å². The number of carbonyl (C=O) groups excluding carboxylic acids is 1. The molecule has 3 aromatic carbocycles. The van der Waals surface area contributed by atoms with Gasteiger partial charge in [0.05, 0.1) is 5.52 Å². The maximum atomic E-state index is 10.9. The summed E-state index contributed by atoms with van der Waals surface area (Å²) in [5.74, 6) is 0.563. The summed E-state index contributed by atoms with van der Waals surface area (Å²) >= 11 is 0. The molecule has 0 saturated heterocycles. The van der Waals surface area contributed by atoms with Crippen LogP contribution in [0.5, 0.6) is 0 Å². The second-order valence-corrected chi connectivity index (χ2v) is 7.37. The van der Waals surface area contributed by atoms with Crippen LogP contribution in [0, 0.1) is 0 Å². The predicted molar refractivity (Wildman–Crippen MR) is 125 cm³/mol. The van der Waals surface area contributed by atoms with Crippen molar-refractivity contribution in [3.63, 3.8) is 0 Å². The van der Waals surface area contributed by atoms with E-state index in [4.69, 9.17) is 4.98 Å². The number of benzene rings is 3. The summed E-state index contributed by atoms with van der Waals surface area (Å²) in [6, 6.07) is 24.3. The van der Waals surface area contributed by atoms with Crippen LogP contribution in [0.2, 0.25) is 0 Å². The van der Waals surface area contributed by atoms with Crippen LogP contribution < -0.4 is 5.32 Å². The van der Waals surface area contributed by atoms with Crippen LogP contribution >= 0.6 is 0 Å². The Morgan fingerprint density at radius 3 is 2.34 bits per heavy atom. The fourth-order valence-corrected chi connectivity index (χ4v) is 3.89. The zero-order valence-electron chi connectivity index (χ0n) is 17.4. The van der Waals surface area contributed by atoms with E-state index >= 15 is 0 Å². The third-order valence-corrected chi connectivity index (χ3v) is 5.47. The largest absolute Gasteiger partial charge is 0.329 e. The third-order valence-electron chi connectivity index (χ3n) is 5.47. The number of aromatic amines is 1. The molecular formula is C25H20N6O. The molecule has 5 rings (SSSR count). The molecule has 0 unspecified atom stereocenters. The monoisotopic (exact) mass is 420 g/mol. The lowest BCUT2D eigenvalue weighted by molar-refractivity contribution is -0.105. The highest BCUT2D eigenvalue weighted by molar-refractivity contribution is 5.97. The van der Waals surface area contributed by atoms with Crippen LogP contribution in [0.3, 0.4) is 0 Å². The number of nitrogens with one attached hydrogen (secondary N) is 2. The SMILES string of the molecule is CCc1cc(-c2ccc(-c3ccccc3-c3nn[nH]n3)cc2)c2cc(NC=O)ccc2n1. The third kappa shape index (κ3) is 3.60. The van der Waals surface area contributed by atoms with Crippen molar-refractivity contribution in [3.05, 3.63) is 78.5 Å². The Morgan fingerprint density at radius 2 is 1.66 bits per heavy atom. The Hall–Kier alpha value is -4.39. The smallest absolute Gasteiger partial charge is 0.211 e. The number of carbonyl (C=O) groups is 1. The van der Waals surface area contributed by atoms with E-state index in [9.17, 15) is 4.79 Å². The number of fused-ring (bicyclic) bond motifs is 1. The van der Waals surface area contributed by atoms with E-state index in [0.717, 1.165) is 56.5 Å². The Morgan fingerprint density at radius 1 is 0.906 bits per heavy atom. The summed E-state index contributed by atoms with van der Waals surface area (Å²) in [6.07, 6.45) is 1.53. The van der Waals surface area contributed by atoms with E-state index in [2.05, 4.69) is 69.3 Å². The first kappa shape index (κ1) is 19.6. The fourth-order valence-electron chi connectivity index (χ4n) is 3.89. The molecule has 2 aromatic heterocycles. The Balaban J connectivity index is 1.61. The van der Waals surface area contributed by atoms with Gasteiger partial charge < -0.3 is 5.32 Å². The van der Waals surface area contributed by atoms with Gasteiger partial charge in [0.25, 0.3) is 0 Å². The van der Waals surface area contributed by atoms with Crippen molar-refractivity contribution in [2.45, 2.75) is 13.3 Å². The quantitative estimate of drug-likeness (QED) is 0.382. The average Bonchev–Trinajstić information content (AvgIpc) is 3.39. The molecular weight excluding hydrogens is 400 g/mol. The van der Waals surface area contributed by atoms with Gasteiger partial charge in [0.2, 0.25) is 12.2 Å². The zero-order valence-corrected chi connectivity index (χ0v) is 17.4. The molecule has 0 spiro atoms. The van der Waals surface area contributed by atoms with Gasteiger partial charge in [0.15, 0.2) is 0 Å². The lowest BCUT2D eigenvalue weighted by Crippen LogP contribution is -1.96. The summed E-state index contributed by atoms with van der Waals surface area (Å²) in [4.78, 5) is 15.7. The number of tetrazole rings is 1. The maximum absolute atomic E-state index is 10.9. The number of pyridine rings is 1. The van der Waals surface area contributed by atoms with Crippen LogP contribution in [0.1, 0.15) is 12.6 Å². The molecule has 0 aliphatic rings. The molecule has 1 amide bonds. The highest BCUT2D eigenvalue weighted by atomic mass is 16.1. The van der Waals surface area contributed by atoms with Crippen molar-refractivity contribution >= 4 is 23.0 Å². The van der Waals surface area contributed by atoms with E-state index in [0.29, 0.717) is 12.2 Å². The summed E-state index contributed by atoms with van der Waals surface area (Å²) in [7, 11) is 0. The normalized spacial score (nSPS) is 10.9. The van der Waals surface area contributed by atoms with Crippen molar-refractivity contribution in [2.24, 2.45) is 0 Å². The zero-order chi connectivity index (χ0) is 21.9. The van der Waals surface area contributed by atoms with Gasteiger partial charge in [-0.3, -0.25) is 9.78 Å². The molecule has 32 heavy (non-hydrogen) atoms. The molecule has 0 radical (unpaired) electrons. The number of nitrogens with zero attached hydrogens (tertiary/aromatic N) is 4. The van der Waals surface area contributed by atoms with Gasteiger partial charge in [-0.15, -0.1) is 10.2 Å². The number of hydrogen-bond acceptors (Lipinski definition) is 5. The van der Waals surface area contributed by atoms with Crippen LogP contribution in [0.25, 0.3) is 44.5 Å². The summed E-state index contributed by atoms with van der Waals surface area (Å²) < 4.78 is 0. The topological polar surface area (TPSA) is 96.5 Å². The molecule has 0 aliphatic carbocycles. The number of anilines is 1. The molecule has 2 heterocycles. The highest BCUT2D eigenvalue weighted by Crippen LogP contribution is 2.34. The van der Waals surface area contributed by atoms with Gasteiger partial charge in [0, 0.05) is 22.3 Å². The first-order valence-electron chi connectivity index (χ1n) is 10.3. The average molecular weight is 420 g/mol. The number of hydrogen-bond donors (Lipinski definition) is 2. The molecule has 0 fully saturated rings. The molecule has 0 saturated carbocycles. The molecule has 7 heteroatoms. The van der Waals surface area contributed by atoms with Crippen molar-refractivity contribution in [1.82, 2.24) is 25.6 Å². The molecule has 0 aliphatic heterocycles. The molecule has 7 nitrogen and oxygen atoms in total. The van der Waals surface area contributed by atoms with E-state index in [1.54, 1.807) is 0 Å². The number of rotatable bonds is 6. The number of H-pyrrole nitrogens is 1. The van der Waals surface area contributed by atoms with Gasteiger partial charge in [0.1, 0.15) is 0 Å². The predicted octanol–water partition coefficient (Wildman–Crippen LogP) is 4.88. The molecule has 156 valence electrons. The second-order valence-electron chi connectivity index (χ2n) is 7.37. The van der Waals surface area contributed by atoms with Crippen LogP contribution in [-0.2, 0) is 11.2 Å². The minimum atomic E-state index is 0.563. The number of aromatic nitrogens is 5. The van der Waals surface area contributed by atoms with Crippen LogP contribution in [0.15, 0.2) is 72.8 Å². The minimum Gasteiger partial charge on any atom is -0.329 e. The number of amides is 1. The van der Waals surface area contributed by atoms with Crippen molar-refractivity contribution in [2.75, 3.05) is 5.32 Å². The summed E-state index contributed by atoms with van der Waals surface area (Å²) in [5, 5.41) is 18.2. The van der Waals surface area contributed by atoms with E-state index in [-0.39, 0.29) is 0 Å². The van der Waals surface area contributed by atoms with Crippen molar-refractivity contribution in [3.8, 4) is 33.6 Å². The van der Waals surface area contributed by atoms with Gasteiger partial charge in [-0.25, -0.2) is 0 Å². The molecule has 2 N–H and O–H groups in total. The van der Waals surface area contributed by atoms with Crippen molar-refractivity contribution in [1.29, 1.82) is 0 Å². The standard InChI is InChI=1S/C25H20N6O/c1-2-18-13-22(23-14-19(26-15-32)11-12-24(23)27-18)17-9-7-16(8-10-17)20-5-3-4-6-21(20)25-28-30-31-29-25/h3-15H,2H2,1H3,(H,26,32)(H,28,29,30,31). The summed E-state index contributed by atoms with van der Waals surface area (Å²) in [5.41, 5.74) is 7.85. The Bertz CT molecular complexity index is 1390. The first-order valence-corrected chi connectivity index (χ1v) is 10.3. The van der Waals surface area contributed by atoms with Crippen LogP contribution in [-0.4, -0.2) is 32.0 Å². The minimum absolute atomic E-state index is 0.563. The van der Waals surface area contributed by atoms with Gasteiger partial charge in [-0.2, -0.15) is 5.21 Å². The van der Waals surface area contributed by atoms with E-state index in [1.807, 2.05) is 36.4 Å². The lowest BCUT2D eigenvalue weighted by Gasteiger charge is -2.12. The van der Waals surface area contributed by atoms with E-state index < -0.39 is 0 Å². The molecule has 0 bridgehead atoms. The maximum Gasteiger partial charge on any atom is 0.211 e. The van der Waals surface area contributed by atoms with Crippen LogP contribution in [0.4, 0.5) is 5.69 Å². The van der Waals surface area contributed by atoms with Gasteiger partial charge in [-0.1, -0.05) is 55.5 Å². The fraction of sp³-hybridized carbons (Fsp3) is 0.0800. The Kier molecular flexibility index (Phi) is 5.13. The second kappa shape index (κ2) is 8.39. The van der Waals surface area contributed by atoms with E-state index in [1.165, 1.54) is 0 Å². The summed E-state index contributed by atoms with van der Waals surface area (Å²) in [6.45, 7) is 2.10. The Labute approximate surface area is 184 Å². The number of aryl methyl sites for hydroxylation is 1. The highest BCUT2D eigenvalue weighted by Gasteiger charge is 2.12. The van der Waals surface area contributed by atoms with Gasteiger partial charge >= 0.3 is 0 Å². The first-order chi connectivity index (χ1) is 15.8. The lowest BCUT2D eigenvalue weighted by atomic mass is 9.95. The molecule has 5 aromatic rings. The molecule has 0 atom stereocenters. The van der Waals surface area contributed by atoms with Crippen molar-refractivity contribution < 1.29 is 4.79 Å².